The lowest BCUT2D eigenvalue weighted by molar-refractivity contribution is -0.359. The third kappa shape index (κ3) is 47.7. The molecule has 2 aliphatic rings. The van der Waals surface area contributed by atoms with Crippen LogP contribution in [-0.4, -0.2) is 140 Å². The second kappa shape index (κ2) is 65.0. The Morgan fingerprint density at radius 2 is 0.729 bits per heavy atom. The Morgan fingerprint density at radius 3 is 1.15 bits per heavy atom. The van der Waals surface area contributed by atoms with Crippen LogP contribution in [0.3, 0.4) is 0 Å². The van der Waals surface area contributed by atoms with Gasteiger partial charge < -0.3 is 65.1 Å². The molecule has 9 N–H and O–H groups in total. The van der Waals surface area contributed by atoms with Gasteiger partial charge in [0.05, 0.1) is 32.0 Å². The second-order valence-corrected chi connectivity index (χ2v) is 27.1. The van der Waals surface area contributed by atoms with Crippen LogP contribution in [0, 0.1) is 0 Å². The van der Waals surface area contributed by atoms with Gasteiger partial charge in [0, 0.05) is 6.42 Å². The zero-order valence-electron chi connectivity index (χ0n) is 60.6. The molecule has 12 atom stereocenters. The molecule has 0 saturated carbocycles. The van der Waals surface area contributed by atoms with Crippen molar-refractivity contribution in [3.63, 3.8) is 0 Å². The fraction of sp³-hybridized carbons (Fsp3) is 0.768. The second-order valence-electron chi connectivity index (χ2n) is 27.1. The van der Waals surface area contributed by atoms with E-state index in [0.717, 1.165) is 83.5 Å². The first kappa shape index (κ1) is 88.7. The number of carbonyl (C=O) groups is 1. The summed E-state index contributed by atoms with van der Waals surface area (Å²) in [6, 6.07) is -0.945. The number of allylic oxidation sites excluding steroid dienone is 17. The first-order valence-electron chi connectivity index (χ1n) is 39.1. The minimum atomic E-state index is -1.80. The van der Waals surface area contributed by atoms with E-state index in [4.69, 9.17) is 18.9 Å². The van der Waals surface area contributed by atoms with Crippen LogP contribution in [0.2, 0.25) is 0 Å². The van der Waals surface area contributed by atoms with E-state index in [2.05, 4.69) is 116 Å². The Kier molecular flexibility index (Phi) is 60.1. The minimum absolute atomic E-state index is 0.257. The number of amides is 1. The van der Waals surface area contributed by atoms with Crippen molar-refractivity contribution >= 4 is 5.91 Å². The largest absolute Gasteiger partial charge is 0.394 e. The van der Waals surface area contributed by atoms with Crippen LogP contribution in [0.1, 0.15) is 309 Å². The maximum absolute atomic E-state index is 13.4. The number of hydrogen-bond acceptors (Lipinski definition) is 13. The van der Waals surface area contributed by atoms with E-state index >= 15 is 0 Å². The standard InChI is InChI=1S/C82H143NO13/c1-3-5-7-9-11-13-15-17-19-21-23-25-27-29-31-33-35-37-39-41-43-45-47-49-51-53-55-57-59-61-63-65-71(86)70(69-93-81-79(92)77(90)80(73(68-85)95-81)96-82-78(91)76(89)75(88)72(67-84)94-82)83-74(87)66-64-62-60-58-56-54-52-50-48-46-44-42-40-38-36-34-32-30-28-26-24-22-20-18-16-14-12-10-8-6-4-2/h6,8,12,14,18,20,24,26,30,32,36,38,42,44,55,57,63,65,70-73,75-82,84-86,88-92H,3-5,7,9-11,13,15-17,19,21-23,25,27-29,31,33-35,37,39-41,43,45-54,56,58-62,64,66-69H2,1-2H3,(H,83,87)/b8-6-,14-12-,20-18-,26-24-,32-30-,38-36-,44-42-,57-55+,65-63+. The van der Waals surface area contributed by atoms with Gasteiger partial charge in [-0.1, -0.05) is 322 Å². The van der Waals surface area contributed by atoms with Crippen molar-refractivity contribution in [1.29, 1.82) is 0 Å². The average molecular weight is 1350 g/mol. The first-order valence-corrected chi connectivity index (χ1v) is 39.1. The Morgan fingerprint density at radius 1 is 0.385 bits per heavy atom. The van der Waals surface area contributed by atoms with Gasteiger partial charge in [0.1, 0.15) is 48.8 Å². The van der Waals surface area contributed by atoms with Crippen molar-refractivity contribution in [2.24, 2.45) is 0 Å². The molecule has 1 amide bonds. The number of aliphatic hydroxyl groups excluding tert-OH is 8. The fourth-order valence-corrected chi connectivity index (χ4v) is 12.3. The lowest BCUT2D eigenvalue weighted by Gasteiger charge is -2.46. The monoisotopic (exact) mass is 1350 g/mol. The van der Waals surface area contributed by atoms with Crippen molar-refractivity contribution in [1.82, 2.24) is 5.32 Å². The Balaban J connectivity index is 1.66. The van der Waals surface area contributed by atoms with Crippen LogP contribution in [-0.2, 0) is 23.7 Å². The van der Waals surface area contributed by atoms with Gasteiger partial charge in [0.2, 0.25) is 5.91 Å². The molecule has 554 valence electrons. The topological polar surface area (TPSA) is 228 Å². The van der Waals surface area contributed by atoms with Crippen molar-refractivity contribution in [3.8, 4) is 0 Å². The molecule has 96 heavy (non-hydrogen) atoms. The molecule has 2 heterocycles. The number of rotatable bonds is 64. The van der Waals surface area contributed by atoms with E-state index < -0.39 is 86.8 Å². The molecule has 0 radical (unpaired) electrons. The average Bonchev–Trinajstić information content (AvgIpc) is 0.797. The lowest BCUT2D eigenvalue weighted by Crippen LogP contribution is -2.65. The number of nitrogens with one attached hydrogen (secondary N) is 1. The van der Waals surface area contributed by atoms with Crippen LogP contribution in [0.25, 0.3) is 0 Å². The lowest BCUT2D eigenvalue weighted by atomic mass is 9.97. The van der Waals surface area contributed by atoms with Crippen LogP contribution in [0.4, 0.5) is 0 Å². The summed E-state index contributed by atoms with van der Waals surface area (Å²) >= 11 is 0. The first-order chi connectivity index (χ1) is 47.1. The Labute approximate surface area is 585 Å². The van der Waals surface area contributed by atoms with Crippen molar-refractivity contribution in [3.05, 3.63) is 109 Å². The third-order valence-corrected chi connectivity index (χ3v) is 18.4. The SMILES string of the molecule is CC/C=C\C/C=C\C/C=C\C/C=C\C/C=C\C/C=C\C/C=C\CCCCCCCCCCCC(=O)NC(COC1OC(CO)C(OC2OC(CO)C(O)C(O)C2O)C(O)C1O)C(O)/C=C/CC/C=C/CCCCCCCCCCCCCCCCCCCCCCCCCCC. The summed E-state index contributed by atoms with van der Waals surface area (Å²) in [6.07, 6.45) is 77.3. The molecule has 0 aliphatic carbocycles. The summed E-state index contributed by atoms with van der Waals surface area (Å²) in [7, 11) is 0. The number of carbonyl (C=O) groups excluding carboxylic acids is 1. The summed E-state index contributed by atoms with van der Waals surface area (Å²) in [4.78, 5) is 13.4. The van der Waals surface area contributed by atoms with Gasteiger partial charge in [-0.25, -0.2) is 0 Å². The van der Waals surface area contributed by atoms with Crippen LogP contribution in [0.15, 0.2) is 109 Å². The normalized spacial score (nSPS) is 22.9. The molecule has 2 aliphatic heterocycles. The number of ether oxygens (including phenoxy) is 4. The van der Waals surface area contributed by atoms with Gasteiger partial charge in [0.15, 0.2) is 12.6 Å². The predicted octanol–water partition coefficient (Wildman–Crippen LogP) is 17.5. The molecule has 12 unspecified atom stereocenters. The van der Waals surface area contributed by atoms with Crippen LogP contribution < -0.4 is 5.32 Å². The highest BCUT2D eigenvalue weighted by molar-refractivity contribution is 5.76. The highest BCUT2D eigenvalue weighted by atomic mass is 16.7. The molecule has 2 rings (SSSR count). The third-order valence-electron chi connectivity index (χ3n) is 18.4. The van der Waals surface area contributed by atoms with Gasteiger partial charge >= 0.3 is 0 Å². The summed E-state index contributed by atoms with van der Waals surface area (Å²) in [5.41, 5.74) is 0. The van der Waals surface area contributed by atoms with Gasteiger partial charge in [-0.3, -0.25) is 4.79 Å². The van der Waals surface area contributed by atoms with Gasteiger partial charge in [-0.05, 0) is 89.9 Å². The maximum atomic E-state index is 13.4. The molecule has 0 aromatic rings. The highest BCUT2D eigenvalue weighted by Gasteiger charge is 2.51. The summed E-state index contributed by atoms with van der Waals surface area (Å²) < 4.78 is 22.9. The van der Waals surface area contributed by atoms with E-state index in [0.29, 0.717) is 12.8 Å². The van der Waals surface area contributed by atoms with Crippen molar-refractivity contribution < 1.29 is 64.6 Å². The van der Waals surface area contributed by atoms with E-state index in [-0.39, 0.29) is 18.9 Å². The molecular weight excluding hydrogens is 1210 g/mol. The molecule has 0 aromatic carbocycles. The number of hydrogen-bond donors (Lipinski definition) is 9. The van der Waals surface area contributed by atoms with E-state index in [1.54, 1.807) is 6.08 Å². The smallest absolute Gasteiger partial charge is 0.220 e. The molecular formula is C82H143NO13. The summed E-state index contributed by atoms with van der Waals surface area (Å²) in [5.74, 6) is -0.257. The zero-order valence-corrected chi connectivity index (χ0v) is 60.6. The van der Waals surface area contributed by atoms with Crippen LogP contribution in [0.5, 0.6) is 0 Å². The molecule has 2 saturated heterocycles. The van der Waals surface area contributed by atoms with E-state index in [9.17, 15) is 45.6 Å². The molecule has 14 heteroatoms. The summed E-state index contributed by atoms with van der Waals surface area (Å²) in [6.45, 7) is 2.69. The quantitative estimate of drug-likeness (QED) is 0.0204. The number of unbranched alkanes of at least 4 members (excludes halogenated alkanes) is 35. The molecule has 2 fully saturated rings. The summed E-state index contributed by atoms with van der Waals surface area (Å²) in [5, 5.41) is 87.6. The van der Waals surface area contributed by atoms with Crippen LogP contribution >= 0.6 is 0 Å². The van der Waals surface area contributed by atoms with E-state index in [1.807, 2.05) is 6.08 Å². The van der Waals surface area contributed by atoms with Gasteiger partial charge in [0.25, 0.3) is 0 Å². The fourth-order valence-electron chi connectivity index (χ4n) is 12.3. The van der Waals surface area contributed by atoms with Crippen molar-refractivity contribution in [2.75, 3.05) is 19.8 Å². The Bertz CT molecular complexity index is 2030. The van der Waals surface area contributed by atoms with Gasteiger partial charge in [-0.15, -0.1) is 0 Å². The predicted molar refractivity (Wildman–Crippen MR) is 396 cm³/mol. The zero-order chi connectivity index (χ0) is 69.4. The number of aliphatic hydroxyl groups is 8. The van der Waals surface area contributed by atoms with Gasteiger partial charge in [-0.2, -0.15) is 0 Å². The maximum Gasteiger partial charge on any atom is 0.220 e. The molecule has 0 aromatic heterocycles. The van der Waals surface area contributed by atoms with Crippen molar-refractivity contribution in [2.45, 2.75) is 383 Å². The minimum Gasteiger partial charge on any atom is -0.394 e. The molecule has 0 spiro atoms. The van der Waals surface area contributed by atoms with E-state index in [1.165, 1.54) is 193 Å². The molecule has 14 nitrogen and oxygen atoms in total. The molecule has 0 bridgehead atoms. The Hall–Kier alpha value is -3.35. The highest BCUT2D eigenvalue weighted by Crippen LogP contribution is 2.30.